The van der Waals surface area contributed by atoms with E-state index >= 15 is 0 Å². The summed E-state index contributed by atoms with van der Waals surface area (Å²) in [5.74, 6) is 0.550. The zero-order valence-corrected chi connectivity index (χ0v) is 12.7. The molecule has 3 N–H and O–H groups in total. The summed E-state index contributed by atoms with van der Waals surface area (Å²) < 4.78 is 5.36. The predicted molar refractivity (Wildman–Crippen MR) is 84.6 cm³/mol. The molecule has 0 saturated carbocycles. The molecule has 0 aromatic heterocycles. The highest BCUT2D eigenvalue weighted by Gasteiger charge is 2.11. The number of nitrogens with one attached hydrogen (secondary N) is 1. The minimum Gasteiger partial charge on any atom is -0.492 e. The van der Waals surface area contributed by atoms with Crippen molar-refractivity contribution in [2.24, 2.45) is 0 Å². The number of anilines is 1. The molecule has 5 heteroatoms. The van der Waals surface area contributed by atoms with Crippen molar-refractivity contribution in [3.63, 3.8) is 0 Å². The summed E-state index contributed by atoms with van der Waals surface area (Å²) in [5, 5.41) is 2.94. The van der Waals surface area contributed by atoms with Gasteiger partial charge in [0.1, 0.15) is 5.75 Å². The molecule has 1 aromatic rings. The van der Waals surface area contributed by atoms with Crippen LogP contribution >= 0.6 is 0 Å². The number of carbonyl (C=O) groups is 1. The molecule has 1 aliphatic rings. The first kappa shape index (κ1) is 15.6. The number of rotatable bonds is 7. The highest BCUT2D eigenvalue weighted by atomic mass is 16.5. The second-order valence-electron chi connectivity index (χ2n) is 5.34. The van der Waals surface area contributed by atoms with Crippen molar-refractivity contribution in [3.8, 4) is 5.75 Å². The van der Waals surface area contributed by atoms with Gasteiger partial charge in [0.15, 0.2) is 0 Å². The first-order valence-electron chi connectivity index (χ1n) is 7.73. The van der Waals surface area contributed by atoms with Crippen LogP contribution in [0.5, 0.6) is 5.75 Å². The first-order chi connectivity index (χ1) is 10.2. The van der Waals surface area contributed by atoms with Crippen LogP contribution in [0.25, 0.3) is 0 Å². The fraction of sp³-hybridized carbons (Fsp3) is 0.562. The third kappa shape index (κ3) is 4.63. The van der Waals surface area contributed by atoms with Crippen molar-refractivity contribution in [2.75, 3.05) is 38.5 Å². The Balaban J connectivity index is 1.75. The van der Waals surface area contributed by atoms with Gasteiger partial charge in [0.25, 0.3) is 5.91 Å². The van der Waals surface area contributed by atoms with Gasteiger partial charge in [-0.1, -0.05) is 0 Å². The second-order valence-corrected chi connectivity index (χ2v) is 5.34. The van der Waals surface area contributed by atoms with E-state index in [0.29, 0.717) is 30.2 Å². The lowest BCUT2D eigenvalue weighted by Crippen LogP contribution is -2.28. The molecule has 5 nitrogen and oxygen atoms in total. The van der Waals surface area contributed by atoms with E-state index in [1.807, 2.05) is 6.92 Å². The van der Waals surface area contributed by atoms with Gasteiger partial charge in [0, 0.05) is 12.1 Å². The van der Waals surface area contributed by atoms with Crippen molar-refractivity contribution < 1.29 is 9.53 Å². The molecule has 1 fully saturated rings. The monoisotopic (exact) mass is 291 g/mol. The van der Waals surface area contributed by atoms with Crippen LogP contribution in [0.2, 0.25) is 0 Å². The lowest BCUT2D eigenvalue weighted by atomic mass is 10.1. The molecule has 1 aromatic carbocycles. The normalized spacial score (nSPS) is 15.1. The lowest BCUT2D eigenvalue weighted by molar-refractivity contribution is 0.0952. The second kappa shape index (κ2) is 7.88. The Bertz CT molecular complexity index is 471. The van der Waals surface area contributed by atoms with Gasteiger partial charge in [0.2, 0.25) is 0 Å². The molecule has 0 aliphatic carbocycles. The largest absolute Gasteiger partial charge is 0.492 e. The van der Waals surface area contributed by atoms with E-state index in [-0.39, 0.29) is 5.91 Å². The lowest BCUT2D eigenvalue weighted by Gasteiger charge is -2.14. The quantitative estimate of drug-likeness (QED) is 0.594. The SMILES string of the molecule is CCOc1ccc(C(=O)NCCCN2CCCC2)cc1N. The summed E-state index contributed by atoms with van der Waals surface area (Å²) in [5.41, 5.74) is 6.95. The van der Waals surface area contributed by atoms with Crippen molar-refractivity contribution in [2.45, 2.75) is 26.2 Å². The predicted octanol–water partition coefficient (Wildman–Crippen LogP) is 1.88. The van der Waals surface area contributed by atoms with Gasteiger partial charge in [-0.3, -0.25) is 4.79 Å². The van der Waals surface area contributed by atoms with Crippen LogP contribution in [-0.2, 0) is 0 Å². The standard InChI is InChI=1S/C16H25N3O2/c1-2-21-15-7-6-13(12-14(15)17)16(20)18-8-5-11-19-9-3-4-10-19/h6-7,12H,2-5,8-11,17H2,1H3,(H,18,20). The Kier molecular flexibility index (Phi) is 5.87. The average molecular weight is 291 g/mol. The number of amides is 1. The van der Waals surface area contributed by atoms with Gasteiger partial charge in [-0.25, -0.2) is 0 Å². The van der Waals surface area contributed by atoms with E-state index in [1.54, 1.807) is 18.2 Å². The number of nitrogens with two attached hydrogens (primary N) is 1. The minimum absolute atomic E-state index is 0.0776. The van der Waals surface area contributed by atoms with Crippen LogP contribution in [0.3, 0.4) is 0 Å². The van der Waals surface area contributed by atoms with Gasteiger partial charge in [-0.2, -0.15) is 0 Å². The Morgan fingerprint density at radius 3 is 2.81 bits per heavy atom. The van der Waals surface area contributed by atoms with Crippen molar-refractivity contribution in [1.82, 2.24) is 10.2 Å². The molecule has 0 unspecified atom stereocenters. The van der Waals surface area contributed by atoms with Gasteiger partial charge in [-0.05, 0) is 64.0 Å². The third-order valence-electron chi connectivity index (χ3n) is 3.71. The highest BCUT2D eigenvalue weighted by molar-refractivity contribution is 5.95. The number of hydrogen-bond donors (Lipinski definition) is 2. The highest BCUT2D eigenvalue weighted by Crippen LogP contribution is 2.22. The fourth-order valence-electron chi connectivity index (χ4n) is 2.59. The minimum atomic E-state index is -0.0776. The van der Waals surface area contributed by atoms with Crippen molar-refractivity contribution in [3.05, 3.63) is 23.8 Å². The zero-order valence-electron chi connectivity index (χ0n) is 12.7. The maximum Gasteiger partial charge on any atom is 0.251 e. The van der Waals surface area contributed by atoms with E-state index in [0.717, 1.165) is 13.0 Å². The number of likely N-dealkylation sites (tertiary alicyclic amines) is 1. The number of benzene rings is 1. The van der Waals surface area contributed by atoms with Crippen LogP contribution in [0.15, 0.2) is 18.2 Å². The summed E-state index contributed by atoms with van der Waals surface area (Å²) in [6, 6.07) is 5.16. The Labute approximate surface area is 126 Å². The molecule has 21 heavy (non-hydrogen) atoms. The molecule has 0 spiro atoms. The van der Waals surface area contributed by atoms with Crippen LogP contribution in [0, 0.1) is 0 Å². The van der Waals surface area contributed by atoms with Crippen LogP contribution in [0.1, 0.15) is 36.5 Å². The third-order valence-corrected chi connectivity index (χ3v) is 3.71. The van der Waals surface area contributed by atoms with E-state index < -0.39 is 0 Å². The number of carbonyl (C=O) groups excluding carboxylic acids is 1. The van der Waals surface area contributed by atoms with Gasteiger partial charge in [0.05, 0.1) is 12.3 Å². The van der Waals surface area contributed by atoms with Crippen LogP contribution in [-0.4, -0.2) is 43.6 Å². The van der Waals surface area contributed by atoms with Crippen molar-refractivity contribution >= 4 is 11.6 Å². The maximum atomic E-state index is 12.0. The maximum absolute atomic E-state index is 12.0. The molecular formula is C16H25N3O2. The van der Waals surface area contributed by atoms with Crippen molar-refractivity contribution in [1.29, 1.82) is 0 Å². The molecule has 0 atom stereocenters. The van der Waals surface area contributed by atoms with Crippen LogP contribution < -0.4 is 15.8 Å². The smallest absolute Gasteiger partial charge is 0.251 e. The number of ether oxygens (including phenoxy) is 1. The average Bonchev–Trinajstić information content (AvgIpc) is 2.99. The van der Waals surface area contributed by atoms with E-state index in [2.05, 4.69) is 10.2 Å². The Hall–Kier alpha value is -1.75. The number of hydrogen-bond acceptors (Lipinski definition) is 4. The molecule has 1 heterocycles. The van der Waals surface area contributed by atoms with Crippen LogP contribution in [0.4, 0.5) is 5.69 Å². The first-order valence-corrected chi connectivity index (χ1v) is 7.73. The molecular weight excluding hydrogens is 266 g/mol. The summed E-state index contributed by atoms with van der Waals surface area (Å²) in [7, 11) is 0. The topological polar surface area (TPSA) is 67.6 Å². The molecule has 0 bridgehead atoms. The van der Waals surface area contributed by atoms with Gasteiger partial charge in [-0.15, -0.1) is 0 Å². The molecule has 0 radical (unpaired) electrons. The van der Waals surface area contributed by atoms with E-state index in [9.17, 15) is 4.79 Å². The number of nitrogen functional groups attached to an aromatic ring is 1. The van der Waals surface area contributed by atoms with E-state index in [1.165, 1.54) is 25.9 Å². The molecule has 116 valence electrons. The fourth-order valence-corrected chi connectivity index (χ4v) is 2.59. The van der Waals surface area contributed by atoms with Gasteiger partial charge < -0.3 is 20.7 Å². The summed E-state index contributed by atoms with van der Waals surface area (Å²) in [6.07, 6.45) is 3.59. The summed E-state index contributed by atoms with van der Waals surface area (Å²) in [6.45, 7) is 6.62. The van der Waals surface area contributed by atoms with E-state index in [4.69, 9.17) is 10.5 Å². The van der Waals surface area contributed by atoms with Gasteiger partial charge >= 0.3 is 0 Å². The Morgan fingerprint density at radius 2 is 2.14 bits per heavy atom. The zero-order chi connectivity index (χ0) is 15.1. The molecule has 1 amide bonds. The molecule has 1 aliphatic heterocycles. The Morgan fingerprint density at radius 1 is 1.38 bits per heavy atom. The molecule has 1 saturated heterocycles. The summed E-state index contributed by atoms with van der Waals surface area (Å²) in [4.78, 5) is 14.5. The molecule has 2 rings (SSSR count). The number of nitrogens with zero attached hydrogens (tertiary/aromatic N) is 1. The summed E-state index contributed by atoms with van der Waals surface area (Å²) >= 11 is 0.